The summed E-state index contributed by atoms with van der Waals surface area (Å²) in [5.74, 6) is 0.976. The average molecular weight is 474 g/mol. The van der Waals surface area contributed by atoms with Gasteiger partial charge in [0.05, 0.1) is 0 Å². The molecule has 0 radical (unpaired) electrons. The topological polar surface area (TPSA) is 77.2 Å². The molecule has 0 fully saturated rings. The smallest absolute Gasteiger partial charge is 0.277 e. The maximum absolute atomic E-state index is 13.3. The second-order valence-corrected chi connectivity index (χ2v) is 9.29. The first kappa shape index (κ1) is 23.6. The van der Waals surface area contributed by atoms with Gasteiger partial charge in [-0.2, -0.15) is 0 Å². The minimum absolute atomic E-state index is 0.155. The summed E-state index contributed by atoms with van der Waals surface area (Å²) in [7, 11) is 0. The molecule has 4 rings (SSSR count). The molecule has 6 nitrogen and oxygen atoms in total. The molecule has 7 heteroatoms. The van der Waals surface area contributed by atoms with Crippen molar-refractivity contribution in [3.8, 4) is 5.75 Å². The average Bonchev–Trinajstić information content (AvgIpc) is 3.28. The molecule has 4 aromatic rings. The van der Waals surface area contributed by atoms with Gasteiger partial charge in [0.15, 0.2) is 6.61 Å². The fourth-order valence-corrected chi connectivity index (χ4v) is 4.31. The van der Waals surface area contributed by atoms with Crippen molar-refractivity contribution in [1.82, 2.24) is 10.2 Å². The summed E-state index contributed by atoms with van der Waals surface area (Å²) in [6, 6.07) is 21.6. The van der Waals surface area contributed by atoms with Crippen molar-refractivity contribution in [3.63, 3.8) is 0 Å². The fourth-order valence-electron chi connectivity index (χ4n) is 3.42. The zero-order valence-corrected chi connectivity index (χ0v) is 20.5. The fraction of sp³-hybridized carbons (Fsp3) is 0.222. The van der Waals surface area contributed by atoms with Crippen molar-refractivity contribution >= 4 is 23.4 Å². The van der Waals surface area contributed by atoms with Crippen molar-refractivity contribution in [2.24, 2.45) is 0 Å². The number of hydrogen-bond donors (Lipinski definition) is 1. The van der Waals surface area contributed by atoms with Crippen molar-refractivity contribution in [2.75, 3.05) is 5.32 Å². The lowest BCUT2D eigenvalue weighted by molar-refractivity contribution is -0.115. The van der Waals surface area contributed by atoms with Crippen LogP contribution < -0.4 is 10.1 Å². The van der Waals surface area contributed by atoms with Gasteiger partial charge in [0.25, 0.3) is 11.1 Å². The Morgan fingerprint density at radius 1 is 0.941 bits per heavy atom. The monoisotopic (exact) mass is 473 g/mol. The third kappa shape index (κ3) is 5.85. The lowest BCUT2D eigenvalue weighted by Gasteiger charge is -2.16. The highest BCUT2D eigenvalue weighted by atomic mass is 32.2. The van der Waals surface area contributed by atoms with Crippen LogP contribution in [-0.2, 0) is 11.4 Å². The molecule has 1 amide bonds. The Morgan fingerprint density at radius 2 is 1.65 bits per heavy atom. The maximum Gasteiger partial charge on any atom is 0.277 e. The molecular formula is C27H27N3O3S. The molecule has 1 aromatic heterocycles. The van der Waals surface area contributed by atoms with Gasteiger partial charge in [-0.05, 0) is 79.4 Å². The first-order valence-electron chi connectivity index (χ1n) is 11.0. The molecule has 1 unspecified atom stereocenters. The van der Waals surface area contributed by atoms with Crippen LogP contribution in [0.2, 0.25) is 0 Å². The molecule has 0 bridgehead atoms. The first-order chi connectivity index (χ1) is 16.4. The number of rotatable bonds is 8. The van der Waals surface area contributed by atoms with Crippen LogP contribution in [-0.4, -0.2) is 16.1 Å². The van der Waals surface area contributed by atoms with E-state index in [-0.39, 0.29) is 12.5 Å². The van der Waals surface area contributed by atoms with Crippen LogP contribution in [0, 0.1) is 27.7 Å². The number of aromatic nitrogens is 2. The summed E-state index contributed by atoms with van der Waals surface area (Å²) in [6.07, 6.45) is 0. The van der Waals surface area contributed by atoms with E-state index in [9.17, 15) is 4.79 Å². The van der Waals surface area contributed by atoms with E-state index < -0.39 is 5.25 Å². The van der Waals surface area contributed by atoms with Gasteiger partial charge in [-0.1, -0.05) is 54.6 Å². The van der Waals surface area contributed by atoms with Crippen LogP contribution in [0.1, 0.15) is 39.0 Å². The minimum atomic E-state index is -0.561. The van der Waals surface area contributed by atoms with Gasteiger partial charge in [0, 0.05) is 5.69 Å². The van der Waals surface area contributed by atoms with Gasteiger partial charge in [-0.3, -0.25) is 4.79 Å². The maximum atomic E-state index is 13.3. The number of amides is 1. The number of anilines is 1. The van der Waals surface area contributed by atoms with Gasteiger partial charge in [0.1, 0.15) is 11.0 Å². The molecule has 0 saturated carbocycles. The summed E-state index contributed by atoms with van der Waals surface area (Å²) in [6.45, 7) is 8.13. The number of hydrogen-bond acceptors (Lipinski definition) is 6. The zero-order chi connectivity index (χ0) is 24.1. The van der Waals surface area contributed by atoms with Crippen molar-refractivity contribution in [1.29, 1.82) is 0 Å². The Labute approximate surface area is 203 Å². The van der Waals surface area contributed by atoms with Crippen molar-refractivity contribution < 1.29 is 13.9 Å². The predicted molar refractivity (Wildman–Crippen MR) is 134 cm³/mol. The number of nitrogens with zero attached hydrogens (tertiary/aromatic N) is 2. The van der Waals surface area contributed by atoms with Gasteiger partial charge >= 0.3 is 0 Å². The summed E-state index contributed by atoms with van der Waals surface area (Å²) in [4.78, 5) is 13.3. The molecule has 3 aromatic carbocycles. The van der Waals surface area contributed by atoms with E-state index in [1.807, 2.05) is 94.4 Å². The predicted octanol–water partition coefficient (Wildman–Crippen LogP) is 6.35. The number of nitrogens with one attached hydrogen (secondary N) is 1. The molecule has 0 spiro atoms. The molecule has 0 saturated heterocycles. The summed E-state index contributed by atoms with van der Waals surface area (Å²) < 4.78 is 11.7. The Kier molecular flexibility index (Phi) is 7.33. The van der Waals surface area contributed by atoms with E-state index >= 15 is 0 Å². The number of benzene rings is 3. The summed E-state index contributed by atoms with van der Waals surface area (Å²) >= 11 is 1.22. The van der Waals surface area contributed by atoms with Gasteiger partial charge in [0.2, 0.25) is 5.91 Å². The van der Waals surface area contributed by atoms with Gasteiger partial charge in [-0.25, -0.2) is 0 Å². The van der Waals surface area contributed by atoms with E-state index in [4.69, 9.17) is 9.15 Å². The molecule has 1 N–H and O–H groups in total. The lowest BCUT2D eigenvalue weighted by atomic mass is 10.1. The lowest BCUT2D eigenvalue weighted by Crippen LogP contribution is -2.19. The Morgan fingerprint density at radius 3 is 2.41 bits per heavy atom. The Balaban J connectivity index is 1.50. The highest BCUT2D eigenvalue weighted by Crippen LogP contribution is 2.36. The number of thioether (sulfide) groups is 1. The van der Waals surface area contributed by atoms with Crippen LogP contribution in [0.4, 0.5) is 5.69 Å². The van der Waals surface area contributed by atoms with Crippen LogP contribution in [0.25, 0.3) is 0 Å². The standard InChI is InChI=1S/C27H27N3O3S/c1-17-10-12-19(3)22(14-17)28-26(31)25(21-8-6-5-7-9-21)34-27-30-29-24(33-27)16-32-23-15-18(2)11-13-20(23)4/h5-15,25H,16H2,1-4H3,(H,28,31). The van der Waals surface area contributed by atoms with E-state index in [0.717, 1.165) is 39.3 Å². The van der Waals surface area contributed by atoms with E-state index in [1.165, 1.54) is 11.8 Å². The van der Waals surface area contributed by atoms with E-state index in [0.29, 0.717) is 11.1 Å². The highest BCUT2D eigenvalue weighted by Gasteiger charge is 2.25. The highest BCUT2D eigenvalue weighted by molar-refractivity contribution is 8.00. The molecule has 0 aliphatic heterocycles. The molecule has 34 heavy (non-hydrogen) atoms. The van der Waals surface area contributed by atoms with Crippen LogP contribution >= 0.6 is 11.8 Å². The number of carbonyl (C=O) groups excluding carboxylic acids is 1. The van der Waals surface area contributed by atoms with Crippen molar-refractivity contribution in [2.45, 2.75) is 44.8 Å². The summed E-state index contributed by atoms with van der Waals surface area (Å²) in [5.41, 5.74) is 5.87. The Hall–Kier alpha value is -3.58. The molecular weight excluding hydrogens is 446 g/mol. The van der Waals surface area contributed by atoms with E-state index in [2.05, 4.69) is 15.5 Å². The molecule has 1 atom stereocenters. The van der Waals surface area contributed by atoms with Crippen LogP contribution in [0.3, 0.4) is 0 Å². The van der Waals surface area contributed by atoms with Gasteiger partial charge in [-0.15, -0.1) is 10.2 Å². The zero-order valence-electron chi connectivity index (χ0n) is 19.7. The SMILES string of the molecule is Cc1ccc(C)c(NC(=O)C(Sc2nnc(COc3cc(C)ccc3C)o2)c2ccccc2)c1. The number of ether oxygens (including phenoxy) is 1. The minimum Gasteiger partial charge on any atom is -0.484 e. The number of carbonyl (C=O) groups is 1. The quantitative estimate of drug-likeness (QED) is 0.300. The number of aryl methyl sites for hydroxylation is 4. The Bertz CT molecular complexity index is 1290. The second-order valence-electron chi connectivity index (χ2n) is 8.24. The summed E-state index contributed by atoms with van der Waals surface area (Å²) in [5, 5.41) is 11.1. The second kappa shape index (κ2) is 10.6. The molecule has 0 aliphatic carbocycles. The van der Waals surface area contributed by atoms with Gasteiger partial charge < -0.3 is 14.5 Å². The van der Waals surface area contributed by atoms with E-state index in [1.54, 1.807) is 0 Å². The molecule has 0 aliphatic rings. The first-order valence-corrected chi connectivity index (χ1v) is 11.9. The van der Waals surface area contributed by atoms with Crippen LogP contribution in [0.5, 0.6) is 5.75 Å². The third-order valence-corrected chi connectivity index (χ3v) is 6.44. The molecule has 1 heterocycles. The largest absolute Gasteiger partial charge is 0.484 e. The third-order valence-electron chi connectivity index (χ3n) is 5.35. The van der Waals surface area contributed by atoms with Crippen LogP contribution in [0.15, 0.2) is 76.4 Å². The normalized spacial score (nSPS) is 11.8. The van der Waals surface area contributed by atoms with Crippen molar-refractivity contribution in [3.05, 3.63) is 100 Å². The molecule has 174 valence electrons.